The predicted molar refractivity (Wildman–Crippen MR) is 73.1 cm³/mol. The summed E-state index contributed by atoms with van der Waals surface area (Å²) in [5, 5.41) is 11.5. The van der Waals surface area contributed by atoms with Crippen LogP contribution in [0.15, 0.2) is 21.5 Å². The number of hydrogen-bond donors (Lipinski definition) is 3. The second-order valence-electron chi connectivity index (χ2n) is 4.56. The van der Waals surface area contributed by atoms with Gasteiger partial charge in [-0.15, -0.1) is 0 Å². The van der Waals surface area contributed by atoms with Gasteiger partial charge in [-0.2, -0.15) is 0 Å². The van der Waals surface area contributed by atoms with E-state index in [-0.39, 0.29) is 21.5 Å². The SMILES string of the molecule is CC(C)C[C@@H](NC(=O)c1c[nH]c(=O)c(Br)c1)C(=O)O. The number of aromatic nitrogens is 1. The zero-order valence-corrected chi connectivity index (χ0v) is 12.2. The zero-order chi connectivity index (χ0) is 14.6. The van der Waals surface area contributed by atoms with Crippen molar-refractivity contribution in [1.82, 2.24) is 10.3 Å². The highest BCUT2D eigenvalue weighted by Crippen LogP contribution is 2.08. The maximum atomic E-state index is 11.9. The van der Waals surface area contributed by atoms with E-state index in [0.29, 0.717) is 6.42 Å². The molecule has 0 aliphatic rings. The number of pyridine rings is 1. The molecule has 1 atom stereocenters. The number of amides is 1. The van der Waals surface area contributed by atoms with Crippen LogP contribution in [0.1, 0.15) is 30.6 Å². The molecule has 0 fully saturated rings. The highest BCUT2D eigenvalue weighted by molar-refractivity contribution is 9.10. The lowest BCUT2D eigenvalue weighted by Crippen LogP contribution is -2.41. The normalized spacial score (nSPS) is 12.2. The molecule has 6 nitrogen and oxygen atoms in total. The minimum Gasteiger partial charge on any atom is -0.480 e. The summed E-state index contributed by atoms with van der Waals surface area (Å²) in [6.07, 6.45) is 1.59. The van der Waals surface area contributed by atoms with Gasteiger partial charge in [-0.3, -0.25) is 9.59 Å². The van der Waals surface area contributed by atoms with Crippen LogP contribution in [0.4, 0.5) is 0 Å². The van der Waals surface area contributed by atoms with Crippen molar-refractivity contribution in [3.63, 3.8) is 0 Å². The zero-order valence-electron chi connectivity index (χ0n) is 10.6. The van der Waals surface area contributed by atoms with Crippen LogP contribution in [0.5, 0.6) is 0 Å². The van der Waals surface area contributed by atoms with Crippen LogP contribution >= 0.6 is 15.9 Å². The molecular weight excluding hydrogens is 316 g/mol. The lowest BCUT2D eigenvalue weighted by molar-refractivity contribution is -0.139. The molecule has 0 saturated heterocycles. The van der Waals surface area contributed by atoms with E-state index >= 15 is 0 Å². The molecule has 0 unspecified atom stereocenters. The van der Waals surface area contributed by atoms with Gasteiger partial charge >= 0.3 is 5.97 Å². The minimum absolute atomic E-state index is 0.142. The Morgan fingerprint density at radius 2 is 2.11 bits per heavy atom. The molecule has 0 aromatic carbocycles. The fourth-order valence-electron chi connectivity index (χ4n) is 1.52. The van der Waals surface area contributed by atoms with Crippen LogP contribution in [-0.2, 0) is 4.79 Å². The monoisotopic (exact) mass is 330 g/mol. The number of H-pyrrole nitrogens is 1. The lowest BCUT2D eigenvalue weighted by atomic mass is 10.0. The Hall–Kier alpha value is -1.63. The number of nitrogens with one attached hydrogen (secondary N) is 2. The number of carboxylic acids is 1. The molecule has 1 rings (SSSR count). The average Bonchev–Trinajstić information content (AvgIpc) is 2.31. The number of carboxylic acid groups (broad SMARTS) is 1. The van der Waals surface area contributed by atoms with Gasteiger partial charge in [0.1, 0.15) is 6.04 Å². The lowest BCUT2D eigenvalue weighted by Gasteiger charge is -2.16. The predicted octanol–water partition coefficient (Wildman–Crippen LogP) is 1.37. The van der Waals surface area contributed by atoms with Crippen LogP contribution in [-0.4, -0.2) is 28.0 Å². The van der Waals surface area contributed by atoms with Crippen molar-refractivity contribution in [2.75, 3.05) is 0 Å². The van der Waals surface area contributed by atoms with E-state index < -0.39 is 17.9 Å². The summed E-state index contributed by atoms with van der Waals surface area (Å²) < 4.78 is 0.218. The van der Waals surface area contributed by atoms with Gasteiger partial charge in [-0.25, -0.2) is 4.79 Å². The first-order valence-corrected chi connectivity index (χ1v) is 6.52. The number of hydrogen-bond acceptors (Lipinski definition) is 3. The largest absolute Gasteiger partial charge is 0.480 e. The fourth-order valence-corrected chi connectivity index (χ4v) is 1.88. The van der Waals surface area contributed by atoms with Crippen molar-refractivity contribution >= 4 is 27.8 Å². The number of aliphatic carboxylic acids is 1. The summed E-state index contributed by atoms with van der Waals surface area (Å²) >= 11 is 3.01. The molecule has 7 heteroatoms. The van der Waals surface area contributed by atoms with Crippen LogP contribution in [0.3, 0.4) is 0 Å². The highest BCUT2D eigenvalue weighted by Gasteiger charge is 2.22. The topological polar surface area (TPSA) is 99.3 Å². The number of aromatic amines is 1. The number of rotatable bonds is 5. The fraction of sp³-hybridized carbons (Fsp3) is 0.417. The van der Waals surface area contributed by atoms with Gasteiger partial charge in [0.15, 0.2) is 0 Å². The highest BCUT2D eigenvalue weighted by atomic mass is 79.9. The Labute approximate surface area is 118 Å². The summed E-state index contributed by atoms with van der Waals surface area (Å²) in [6.45, 7) is 3.75. The standard InChI is InChI=1S/C12H15BrN2O4/c1-6(2)3-9(12(18)19)15-10(16)7-4-8(13)11(17)14-5-7/h4-6,9H,3H2,1-2H3,(H,14,17)(H,15,16)(H,18,19)/t9-/m1/s1. The molecular formula is C12H15BrN2O4. The van der Waals surface area contributed by atoms with Gasteiger partial charge in [0.2, 0.25) is 0 Å². The third kappa shape index (κ3) is 4.51. The first kappa shape index (κ1) is 15.4. The van der Waals surface area contributed by atoms with Gasteiger partial charge < -0.3 is 15.4 Å². The Kier molecular flexibility index (Phi) is 5.29. The molecule has 0 aliphatic heterocycles. The number of carbonyl (C=O) groups is 2. The third-order valence-corrected chi connectivity index (χ3v) is 3.02. The molecule has 3 N–H and O–H groups in total. The van der Waals surface area contributed by atoms with E-state index in [2.05, 4.69) is 26.2 Å². The Balaban J connectivity index is 2.84. The van der Waals surface area contributed by atoms with Gasteiger partial charge in [-0.1, -0.05) is 13.8 Å². The van der Waals surface area contributed by atoms with Gasteiger partial charge in [0, 0.05) is 6.20 Å². The van der Waals surface area contributed by atoms with Crippen LogP contribution in [0.2, 0.25) is 0 Å². The summed E-state index contributed by atoms with van der Waals surface area (Å²) in [5.41, 5.74) is -0.157. The second kappa shape index (κ2) is 6.51. The average molecular weight is 331 g/mol. The van der Waals surface area contributed by atoms with Crippen molar-refractivity contribution in [2.24, 2.45) is 5.92 Å². The Bertz CT molecular complexity index is 539. The molecule has 104 valence electrons. The van der Waals surface area contributed by atoms with E-state index in [4.69, 9.17) is 5.11 Å². The smallest absolute Gasteiger partial charge is 0.326 e. The van der Waals surface area contributed by atoms with E-state index in [1.165, 1.54) is 12.3 Å². The molecule has 0 radical (unpaired) electrons. The maximum absolute atomic E-state index is 11.9. The van der Waals surface area contributed by atoms with Gasteiger partial charge in [0.05, 0.1) is 10.0 Å². The van der Waals surface area contributed by atoms with Crippen LogP contribution in [0.25, 0.3) is 0 Å². The van der Waals surface area contributed by atoms with Crippen molar-refractivity contribution in [3.05, 3.63) is 32.7 Å². The van der Waals surface area contributed by atoms with E-state index in [9.17, 15) is 14.4 Å². The molecule has 0 aliphatic carbocycles. The molecule has 1 aromatic rings. The first-order valence-electron chi connectivity index (χ1n) is 5.73. The van der Waals surface area contributed by atoms with E-state index in [1.54, 1.807) is 0 Å². The molecule has 1 amide bonds. The Morgan fingerprint density at radius 1 is 1.47 bits per heavy atom. The van der Waals surface area contributed by atoms with E-state index in [1.807, 2.05) is 13.8 Å². The summed E-state index contributed by atoms with van der Waals surface area (Å²) in [6, 6.07) is 0.404. The van der Waals surface area contributed by atoms with Crippen molar-refractivity contribution < 1.29 is 14.7 Å². The first-order chi connectivity index (χ1) is 8.81. The third-order valence-electron chi connectivity index (χ3n) is 2.43. The van der Waals surface area contributed by atoms with Crippen LogP contribution < -0.4 is 10.9 Å². The maximum Gasteiger partial charge on any atom is 0.326 e. The quantitative estimate of drug-likeness (QED) is 0.759. The number of halogens is 1. The van der Waals surface area contributed by atoms with Crippen molar-refractivity contribution in [1.29, 1.82) is 0 Å². The molecule has 1 heterocycles. The second-order valence-corrected chi connectivity index (χ2v) is 5.41. The van der Waals surface area contributed by atoms with Crippen LogP contribution in [0, 0.1) is 5.92 Å². The molecule has 0 saturated carbocycles. The molecule has 0 spiro atoms. The molecule has 0 bridgehead atoms. The molecule has 1 aromatic heterocycles. The van der Waals surface area contributed by atoms with Crippen molar-refractivity contribution in [2.45, 2.75) is 26.3 Å². The summed E-state index contributed by atoms with van der Waals surface area (Å²) in [4.78, 5) is 36.5. The van der Waals surface area contributed by atoms with E-state index in [0.717, 1.165) is 0 Å². The summed E-state index contributed by atoms with van der Waals surface area (Å²) in [5.74, 6) is -1.47. The summed E-state index contributed by atoms with van der Waals surface area (Å²) in [7, 11) is 0. The molecule has 19 heavy (non-hydrogen) atoms. The van der Waals surface area contributed by atoms with Gasteiger partial charge in [-0.05, 0) is 34.3 Å². The van der Waals surface area contributed by atoms with Gasteiger partial charge in [0.25, 0.3) is 11.5 Å². The minimum atomic E-state index is -1.08. The Morgan fingerprint density at radius 3 is 2.58 bits per heavy atom. The number of carbonyl (C=O) groups excluding carboxylic acids is 1. The van der Waals surface area contributed by atoms with Crippen molar-refractivity contribution in [3.8, 4) is 0 Å².